The smallest absolute Gasteiger partial charge is 0.337 e. The van der Waals surface area contributed by atoms with Crippen LogP contribution in [-0.4, -0.2) is 37.5 Å². The van der Waals surface area contributed by atoms with Gasteiger partial charge in [-0.3, -0.25) is 9.69 Å². The number of hydrogen-bond acceptors (Lipinski definition) is 4. The lowest BCUT2D eigenvalue weighted by Crippen LogP contribution is -2.29. The third-order valence-electron chi connectivity index (χ3n) is 3.44. The summed E-state index contributed by atoms with van der Waals surface area (Å²) in [5.41, 5.74) is 2.07. The molecule has 0 aliphatic heterocycles. The fraction of sp³-hybridized carbons (Fsp3) is 0.222. The number of esters is 1. The topological polar surface area (TPSA) is 58.6 Å². The second-order valence-electron chi connectivity index (χ2n) is 5.54. The van der Waals surface area contributed by atoms with E-state index in [1.165, 1.54) is 7.11 Å². The van der Waals surface area contributed by atoms with Crippen molar-refractivity contribution in [2.24, 2.45) is 0 Å². The van der Waals surface area contributed by atoms with Gasteiger partial charge in [0.1, 0.15) is 0 Å². The minimum atomic E-state index is -0.374. The summed E-state index contributed by atoms with van der Waals surface area (Å²) in [5.74, 6) is -0.534. The molecule has 1 amide bonds. The van der Waals surface area contributed by atoms with Crippen molar-refractivity contribution in [3.63, 3.8) is 0 Å². The van der Waals surface area contributed by atoms with E-state index < -0.39 is 0 Å². The highest BCUT2D eigenvalue weighted by atomic mass is 35.5. The molecule has 132 valence electrons. The van der Waals surface area contributed by atoms with Gasteiger partial charge in [0.15, 0.2) is 0 Å². The van der Waals surface area contributed by atoms with E-state index >= 15 is 0 Å². The Balaban J connectivity index is 1.88. The molecule has 2 aromatic rings. The SMILES string of the molecule is COC(=O)c1ccc(CN(C)CC(=O)Nc2ccc(Cl)c(Cl)c2)cc1. The summed E-state index contributed by atoms with van der Waals surface area (Å²) in [5, 5.41) is 3.60. The van der Waals surface area contributed by atoms with Gasteiger partial charge < -0.3 is 10.1 Å². The third kappa shape index (κ3) is 5.74. The van der Waals surface area contributed by atoms with Crippen LogP contribution in [0.4, 0.5) is 5.69 Å². The van der Waals surface area contributed by atoms with Crippen LogP contribution < -0.4 is 5.32 Å². The first-order valence-corrected chi connectivity index (χ1v) is 8.25. The molecule has 0 unspecified atom stereocenters. The number of likely N-dealkylation sites (N-methyl/N-ethyl adjacent to an activating group) is 1. The van der Waals surface area contributed by atoms with E-state index in [1.54, 1.807) is 30.3 Å². The summed E-state index contributed by atoms with van der Waals surface area (Å²) in [4.78, 5) is 25.4. The lowest BCUT2D eigenvalue weighted by molar-refractivity contribution is -0.117. The standard InChI is InChI=1S/C18H18Cl2N2O3/c1-22(10-12-3-5-13(6-4-12)18(24)25-2)11-17(23)21-14-7-8-15(19)16(20)9-14/h3-9H,10-11H2,1-2H3,(H,21,23). The summed E-state index contributed by atoms with van der Waals surface area (Å²) in [7, 11) is 3.18. The zero-order valence-electron chi connectivity index (χ0n) is 13.9. The zero-order valence-corrected chi connectivity index (χ0v) is 15.4. The molecule has 0 radical (unpaired) electrons. The number of anilines is 1. The molecule has 0 fully saturated rings. The van der Waals surface area contributed by atoms with Gasteiger partial charge >= 0.3 is 5.97 Å². The van der Waals surface area contributed by atoms with Gasteiger partial charge in [0, 0.05) is 12.2 Å². The first-order valence-electron chi connectivity index (χ1n) is 7.49. The molecule has 5 nitrogen and oxygen atoms in total. The molecule has 2 aromatic carbocycles. The highest BCUT2D eigenvalue weighted by Gasteiger charge is 2.10. The Labute approximate surface area is 156 Å². The molecule has 0 saturated heterocycles. The molecule has 0 aliphatic rings. The number of amides is 1. The molecular weight excluding hydrogens is 363 g/mol. The number of benzene rings is 2. The number of carbonyl (C=O) groups is 2. The molecule has 0 aliphatic carbocycles. The molecule has 0 heterocycles. The lowest BCUT2D eigenvalue weighted by atomic mass is 10.1. The van der Waals surface area contributed by atoms with Crippen molar-refractivity contribution in [3.05, 3.63) is 63.6 Å². The second-order valence-corrected chi connectivity index (χ2v) is 6.35. The Kier molecular flexibility index (Phi) is 6.82. The van der Waals surface area contributed by atoms with Crippen LogP contribution in [0, 0.1) is 0 Å². The molecule has 2 rings (SSSR count). The number of ether oxygens (including phenoxy) is 1. The molecule has 0 bridgehead atoms. The predicted octanol–water partition coefficient (Wildman–Crippen LogP) is 3.85. The maximum absolute atomic E-state index is 12.1. The van der Waals surface area contributed by atoms with Gasteiger partial charge in [-0.1, -0.05) is 35.3 Å². The van der Waals surface area contributed by atoms with Crippen LogP contribution in [0.25, 0.3) is 0 Å². The number of hydrogen-bond donors (Lipinski definition) is 1. The highest BCUT2D eigenvalue weighted by Crippen LogP contribution is 2.24. The summed E-state index contributed by atoms with van der Waals surface area (Å²) in [6, 6.07) is 12.0. The summed E-state index contributed by atoms with van der Waals surface area (Å²) in [6.07, 6.45) is 0. The van der Waals surface area contributed by atoms with Gasteiger partial charge in [-0.25, -0.2) is 4.79 Å². The largest absolute Gasteiger partial charge is 0.465 e. The maximum Gasteiger partial charge on any atom is 0.337 e. The van der Waals surface area contributed by atoms with Crippen LogP contribution in [0.5, 0.6) is 0 Å². The van der Waals surface area contributed by atoms with E-state index in [9.17, 15) is 9.59 Å². The third-order valence-corrected chi connectivity index (χ3v) is 4.18. The van der Waals surface area contributed by atoms with Gasteiger partial charge in [0.25, 0.3) is 0 Å². The first-order chi connectivity index (χ1) is 11.9. The fourth-order valence-electron chi connectivity index (χ4n) is 2.25. The monoisotopic (exact) mass is 380 g/mol. The highest BCUT2D eigenvalue weighted by molar-refractivity contribution is 6.42. The van der Waals surface area contributed by atoms with Crippen molar-refractivity contribution in [1.29, 1.82) is 0 Å². The van der Waals surface area contributed by atoms with Crippen molar-refractivity contribution in [1.82, 2.24) is 4.90 Å². The normalized spacial score (nSPS) is 10.6. The number of nitrogens with one attached hydrogen (secondary N) is 1. The van der Waals surface area contributed by atoms with Gasteiger partial charge in [-0.2, -0.15) is 0 Å². The summed E-state index contributed by atoms with van der Waals surface area (Å²) >= 11 is 11.8. The molecule has 0 atom stereocenters. The molecule has 0 aromatic heterocycles. The molecular formula is C18H18Cl2N2O3. The van der Waals surface area contributed by atoms with Crippen LogP contribution in [0.15, 0.2) is 42.5 Å². The average molecular weight is 381 g/mol. The van der Waals surface area contributed by atoms with Crippen molar-refractivity contribution >= 4 is 40.8 Å². The van der Waals surface area contributed by atoms with Crippen molar-refractivity contribution in [2.75, 3.05) is 26.0 Å². The molecule has 0 saturated carbocycles. The van der Waals surface area contributed by atoms with Crippen LogP contribution in [0.2, 0.25) is 10.0 Å². The van der Waals surface area contributed by atoms with Gasteiger partial charge in [-0.15, -0.1) is 0 Å². The number of carbonyl (C=O) groups excluding carboxylic acids is 2. The number of nitrogens with zero attached hydrogens (tertiary/aromatic N) is 1. The minimum Gasteiger partial charge on any atom is -0.465 e. The Bertz CT molecular complexity index is 763. The number of rotatable bonds is 6. The molecule has 7 heteroatoms. The summed E-state index contributed by atoms with van der Waals surface area (Å²) in [6.45, 7) is 0.773. The van der Waals surface area contributed by atoms with Crippen molar-refractivity contribution in [3.8, 4) is 0 Å². The molecule has 25 heavy (non-hydrogen) atoms. The Morgan fingerprint density at radius 1 is 1.08 bits per heavy atom. The Morgan fingerprint density at radius 3 is 2.36 bits per heavy atom. The quantitative estimate of drug-likeness (QED) is 0.773. The number of methoxy groups -OCH3 is 1. The van der Waals surface area contributed by atoms with Crippen LogP contribution in [0.1, 0.15) is 15.9 Å². The van der Waals surface area contributed by atoms with E-state index in [1.807, 2.05) is 24.1 Å². The van der Waals surface area contributed by atoms with Crippen molar-refractivity contribution < 1.29 is 14.3 Å². The zero-order chi connectivity index (χ0) is 18.4. The van der Waals surface area contributed by atoms with E-state index in [0.29, 0.717) is 27.8 Å². The number of halogens is 2. The van der Waals surface area contributed by atoms with Gasteiger partial charge in [0.2, 0.25) is 5.91 Å². The fourth-order valence-corrected chi connectivity index (χ4v) is 2.55. The van der Waals surface area contributed by atoms with Crippen molar-refractivity contribution in [2.45, 2.75) is 6.54 Å². The van der Waals surface area contributed by atoms with E-state index in [2.05, 4.69) is 10.1 Å². The molecule has 1 N–H and O–H groups in total. The van der Waals surface area contributed by atoms with E-state index in [-0.39, 0.29) is 18.4 Å². The Hall–Kier alpha value is -2.08. The predicted molar refractivity (Wildman–Crippen MR) is 99.2 cm³/mol. The van der Waals surface area contributed by atoms with Gasteiger partial charge in [0.05, 0.1) is 29.3 Å². The van der Waals surface area contributed by atoms with Crippen LogP contribution >= 0.6 is 23.2 Å². The average Bonchev–Trinajstić information content (AvgIpc) is 2.58. The van der Waals surface area contributed by atoms with E-state index in [0.717, 1.165) is 5.56 Å². The van der Waals surface area contributed by atoms with Crippen LogP contribution in [-0.2, 0) is 16.1 Å². The van der Waals surface area contributed by atoms with Crippen LogP contribution in [0.3, 0.4) is 0 Å². The first kappa shape index (κ1) is 19.2. The van der Waals surface area contributed by atoms with Gasteiger partial charge in [-0.05, 0) is 42.9 Å². The minimum absolute atomic E-state index is 0.160. The van der Waals surface area contributed by atoms with E-state index in [4.69, 9.17) is 23.2 Å². The summed E-state index contributed by atoms with van der Waals surface area (Å²) < 4.78 is 4.66. The lowest BCUT2D eigenvalue weighted by Gasteiger charge is -2.16. The Morgan fingerprint density at radius 2 is 1.76 bits per heavy atom. The molecule has 0 spiro atoms. The second kappa shape index (κ2) is 8.85. The maximum atomic E-state index is 12.1.